The summed E-state index contributed by atoms with van der Waals surface area (Å²) in [6.45, 7) is 19.1. The lowest BCUT2D eigenvalue weighted by Crippen LogP contribution is -2.35. The van der Waals surface area contributed by atoms with E-state index in [1.165, 1.54) is 38.5 Å². The van der Waals surface area contributed by atoms with Gasteiger partial charge in [0, 0.05) is 0 Å². The summed E-state index contributed by atoms with van der Waals surface area (Å²) in [5.74, 6) is 2.41. The van der Waals surface area contributed by atoms with E-state index in [0.29, 0.717) is 23.8 Å². The van der Waals surface area contributed by atoms with Crippen molar-refractivity contribution in [3.05, 3.63) is 35.5 Å². The van der Waals surface area contributed by atoms with E-state index in [9.17, 15) is 10.2 Å². The molecule has 0 amide bonds. The summed E-state index contributed by atoms with van der Waals surface area (Å²) in [7, 11) is 0. The van der Waals surface area contributed by atoms with Gasteiger partial charge < -0.3 is 10.2 Å². The van der Waals surface area contributed by atoms with Gasteiger partial charge in [-0.3, -0.25) is 0 Å². The molecule has 2 heteroatoms. The van der Waals surface area contributed by atoms with Crippen LogP contribution in [0.3, 0.4) is 0 Å². The second-order valence-corrected chi connectivity index (χ2v) is 9.06. The van der Waals surface area contributed by atoms with Crippen LogP contribution in [0.2, 0.25) is 0 Å². The number of allylic oxidation sites excluding steroid dienone is 3. The average Bonchev–Trinajstić information content (AvgIpc) is 3.10. The molecule has 3 fully saturated rings. The van der Waals surface area contributed by atoms with Crippen molar-refractivity contribution in [1.29, 1.82) is 0 Å². The van der Waals surface area contributed by atoms with Gasteiger partial charge >= 0.3 is 0 Å². The number of hydrogen-bond donors (Lipinski definition) is 2. The predicted octanol–water partition coefficient (Wildman–Crippen LogP) is 7.23. The molecule has 0 aromatic rings. The average molecular weight is 405 g/mol. The minimum absolute atomic E-state index is 0.470. The van der Waals surface area contributed by atoms with E-state index in [2.05, 4.69) is 39.5 Å². The molecule has 3 rings (SSSR count). The minimum Gasteiger partial charge on any atom is -0.388 e. The topological polar surface area (TPSA) is 40.5 Å². The van der Waals surface area contributed by atoms with Crippen LogP contribution < -0.4 is 0 Å². The van der Waals surface area contributed by atoms with Crippen LogP contribution in [0.4, 0.5) is 0 Å². The maximum atomic E-state index is 10.0. The number of fused-ring (bicyclic) bond motifs is 1. The molecular formula is C27H48O2. The van der Waals surface area contributed by atoms with Gasteiger partial charge in [-0.25, -0.2) is 0 Å². The molecule has 0 aromatic heterocycles. The SMILES string of the molecule is C=C1C(O)CC(=C/C=C2\CCCC3(C)C([C@@H](C)CC)CC[C@@H]23)C[C@H]1O.CC.CC. The number of aliphatic hydroxyl groups is 2. The van der Waals surface area contributed by atoms with Gasteiger partial charge in [-0.1, -0.05) is 84.8 Å². The van der Waals surface area contributed by atoms with Gasteiger partial charge in [0.05, 0.1) is 12.2 Å². The van der Waals surface area contributed by atoms with Crippen molar-refractivity contribution in [3.63, 3.8) is 0 Å². The van der Waals surface area contributed by atoms with Gasteiger partial charge in [-0.15, -0.1) is 0 Å². The summed E-state index contributed by atoms with van der Waals surface area (Å²) in [5, 5.41) is 20.1. The van der Waals surface area contributed by atoms with Gasteiger partial charge in [-0.05, 0) is 73.7 Å². The molecule has 0 aromatic carbocycles. The molecule has 6 atom stereocenters. The predicted molar refractivity (Wildman–Crippen MR) is 127 cm³/mol. The minimum atomic E-state index is -0.591. The van der Waals surface area contributed by atoms with Crippen molar-refractivity contribution < 1.29 is 10.2 Å². The highest BCUT2D eigenvalue weighted by molar-refractivity contribution is 5.29. The van der Waals surface area contributed by atoms with E-state index in [1.54, 1.807) is 5.57 Å². The lowest BCUT2D eigenvalue weighted by atomic mass is 9.61. The second kappa shape index (κ2) is 12.1. The van der Waals surface area contributed by atoms with Gasteiger partial charge in [0.1, 0.15) is 0 Å². The Morgan fingerprint density at radius 1 is 1.07 bits per heavy atom. The smallest absolute Gasteiger partial charge is 0.0809 e. The Bertz CT molecular complexity index is 557. The fourth-order valence-electron chi connectivity index (χ4n) is 5.92. The highest BCUT2D eigenvalue weighted by Gasteiger charge is 2.50. The summed E-state index contributed by atoms with van der Waals surface area (Å²) in [5.41, 5.74) is 3.81. The fraction of sp³-hybridized carbons (Fsp3) is 0.778. The Balaban J connectivity index is 0.000000989. The van der Waals surface area contributed by atoms with Gasteiger partial charge in [-0.2, -0.15) is 0 Å². The molecule has 3 aliphatic carbocycles. The molecular weight excluding hydrogens is 356 g/mol. The molecule has 0 aliphatic heterocycles. The maximum Gasteiger partial charge on any atom is 0.0809 e. The zero-order chi connectivity index (χ0) is 22.2. The van der Waals surface area contributed by atoms with Crippen molar-refractivity contribution in [2.75, 3.05) is 0 Å². The van der Waals surface area contributed by atoms with Crippen LogP contribution in [0.5, 0.6) is 0 Å². The van der Waals surface area contributed by atoms with Crippen LogP contribution in [0, 0.1) is 23.2 Å². The molecule has 29 heavy (non-hydrogen) atoms. The number of rotatable bonds is 3. The fourth-order valence-corrected chi connectivity index (χ4v) is 5.92. The molecule has 0 spiro atoms. The molecule has 2 N–H and O–H groups in total. The van der Waals surface area contributed by atoms with Crippen LogP contribution in [0.1, 0.15) is 99.8 Å². The second-order valence-electron chi connectivity index (χ2n) is 9.06. The van der Waals surface area contributed by atoms with E-state index >= 15 is 0 Å². The van der Waals surface area contributed by atoms with Crippen molar-refractivity contribution in [3.8, 4) is 0 Å². The van der Waals surface area contributed by atoms with Crippen molar-refractivity contribution in [2.45, 2.75) is 112 Å². The Morgan fingerprint density at radius 2 is 1.66 bits per heavy atom. The van der Waals surface area contributed by atoms with Crippen LogP contribution in [0.25, 0.3) is 0 Å². The summed E-state index contributed by atoms with van der Waals surface area (Å²) < 4.78 is 0. The standard InChI is InChI=1S/C23H36O2.2C2H6/c1-5-15(2)19-10-11-20-18(7-6-12-23(19,20)4)9-8-17-13-21(24)16(3)22(25)14-17;2*1-2/h8-9,15,19-22,24-25H,3,5-7,10-14H2,1-2,4H3;2*1-2H3/b17-8?,18-9+;;/t15-,19?,20-,21+,22?,23?;;/m0../s1. The van der Waals surface area contributed by atoms with Crippen molar-refractivity contribution in [2.24, 2.45) is 23.2 Å². The zero-order valence-electron chi connectivity index (χ0n) is 20.3. The Morgan fingerprint density at radius 3 is 2.21 bits per heavy atom. The van der Waals surface area contributed by atoms with Gasteiger partial charge in [0.15, 0.2) is 0 Å². The van der Waals surface area contributed by atoms with E-state index in [4.69, 9.17) is 0 Å². The first-order valence-corrected chi connectivity index (χ1v) is 12.3. The maximum absolute atomic E-state index is 10.0. The lowest BCUT2D eigenvalue weighted by Gasteiger charge is -2.44. The summed E-state index contributed by atoms with van der Waals surface area (Å²) in [6.07, 6.45) is 12.5. The molecule has 3 aliphatic rings. The Kier molecular flexibility index (Phi) is 10.9. The molecule has 2 nitrogen and oxygen atoms in total. The first-order valence-electron chi connectivity index (χ1n) is 12.3. The molecule has 3 saturated carbocycles. The Labute approximate surface area is 181 Å². The highest BCUT2D eigenvalue weighted by atomic mass is 16.3. The number of hydrogen-bond acceptors (Lipinski definition) is 2. The Hall–Kier alpha value is -0.860. The zero-order valence-corrected chi connectivity index (χ0v) is 20.3. The monoisotopic (exact) mass is 404 g/mol. The van der Waals surface area contributed by atoms with Crippen molar-refractivity contribution in [1.82, 2.24) is 0 Å². The normalized spacial score (nSPS) is 37.9. The molecule has 0 radical (unpaired) electrons. The van der Waals surface area contributed by atoms with Crippen molar-refractivity contribution >= 4 is 0 Å². The molecule has 168 valence electrons. The van der Waals surface area contributed by atoms with Crippen LogP contribution in [0.15, 0.2) is 35.5 Å². The van der Waals surface area contributed by atoms with E-state index in [0.717, 1.165) is 23.3 Å². The highest BCUT2D eigenvalue weighted by Crippen LogP contribution is 2.59. The first kappa shape index (κ1) is 26.2. The van der Waals surface area contributed by atoms with Crippen LogP contribution in [-0.2, 0) is 0 Å². The van der Waals surface area contributed by atoms with Crippen LogP contribution >= 0.6 is 0 Å². The third kappa shape index (κ3) is 5.85. The van der Waals surface area contributed by atoms with E-state index in [1.807, 2.05) is 27.7 Å². The van der Waals surface area contributed by atoms with E-state index < -0.39 is 12.2 Å². The first-order chi connectivity index (χ1) is 13.9. The quantitative estimate of drug-likeness (QED) is 0.487. The number of aliphatic hydroxyl groups excluding tert-OH is 2. The summed E-state index contributed by atoms with van der Waals surface area (Å²) in [4.78, 5) is 0. The third-order valence-corrected chi connectivity index (χ3v) is 7.67. The lowest BCUT2D eigenvalue weighted by molar-refractivity contribution is 0.0961. The van der Waals surface area contributed by atoms with Gasteiger partial charge in [0.25, 0.3) is 0 Å². The van der Waals surface area contributed by atoms with E-state index in [-0.39, 0.29) is 0 Å². The largest absolute Gasteiger partial charge is 0.388 e. The van der Waals surface area contributed by atoms with Crippen LogP contribution in [-0.4, -0.2) is 22.4 Å². The summed E-state index contributed by atoms with van der Waals surface area (Å²) in [6, 6.07) is 0. The third-order valence-electron chi connectivity index (χ3n) is 7.67. The molecule has 0 saturated heterocycles. The summed E-state index contributed by atoms with van der Waals surface area (Å²) >= 11 is 0. The molecule has 0 bridgehead atoms. The molecule has 0 heterocycles. The molecule has 3 unspecified atom stereocenters. The van der Waals surface area contributed by atoms with Gasteiger partial charge in [0.2, 0.25) is 0 Å².